The third-order valence-corrected chi connectivity index (χ3v) is 2.30. The summed E-state index contributed by atoms with van der Waals surface area (Å²) in [7, 11) is 1.55. The third-order valence-electron chi connectivity index (χ3n) is 2.11. The number of aromatic amines is 2. The lowest BCUT2D eigenvalue weighted by atomic mass is 10.2. The van der Waals surface area contributed by atoms with Gasteiger partial charge >= 0.3 is 0 Å². The minimum absolute atomic E-state index is 0.108. The van der Waals surface area contributed by atoms with Gasteiger partial charge in [-0.25, -0.2) is 5.43 Å². The van der Waals surface area contributed by atoms with Gasteiger partial charge in [0.2, 0.25) is 10.7 Å². The molecule has 0 unspecified atom stereocenters. The van der Waals surface area contributed by atoms with Crippen molar-refractivity contribution < 1.29 is 9.84 Å². The molecule has 2 rings (SSSR count). The summed E-state index contributed by atoms with van der Waals surface area (Å²) < 4.78 is 5.38. The molecule has 0 saturated carbocycles. The number of hydrogen-bond acceptors (Lipinski definition) is 6. The lowest BCUT2D eigenvalue weighted by Crippen LogP contribution is -1.93. The van der Waals surface area contributed by atoms with E-state index in [1.54, 1.807) is 19.2 Å². The van der Waals surface area contributed by atoms with Crippen LogP contribution in [0.25, 0.3) is 0 Å². The topological polar surface area (TPSA) is 98.3 Å². The average Bonchev–Trinajstić information content (AvgIpc) is 2.77. The van der Waals surface area contributed by atoms with E-state index in [4.69, 9.17) is 17.0 Å². The molecular weight excluding hydrogens is 254 g/mol. The summed E-state index contributed by atoms with van der Waals surface area (Å²) in [6, 6.07) is 4.85. The molecule has 8 heteroatoms. The number of aromatic nitrogens is 3. The zero-order chi connectivity index (χ0) is 13.0. The second-order valence-electron chi connectivity index (χ2n) is 3.31. The summed E-state index contributed by atoms with van der Waals surface area (Å²) in [5.74, 6) is 1.13. The predicted molar refractivity (Wildman–Crippen MR) is 69.6 cm³/mol. The molecule has 0 spiro atoms. The number of phenolic OH excluding ortho intramolecular Hbond substituents is 1. The number of nitrogens with zero attached hydrogens (tertiary/aromatic N) is 2. The van der Waals surface area contributed by atoms with Crippen LogP contribution in [0, 0.1) is 4.77 Å². The Balaban J connectivity index is 2.11. The molecule has 7 nitrogen and oxygen atoms in total. The van der Waals surface area contributed by atoms with Gasteiger partial charge in [0, 0.05) is 5.56 Å². The summed E-state index contributed by atoms with van der Waals surface area (Å²) in [6.07, 6.45) is 1.45. The standard InChI is InChI=1S/C10H11N5O2S/c1-17-7-2-3-8(16)6(4-7)5-11-13-9-12-10(18)15-14-9/h2-5,16H,1H3,(H3,12,13,14,15,18)/b11-5+. The largest absolute Gasteiger partial charge is 0.507 e. The monoisotopic (exact) mass is 265 g/mol. The number of aromatic hydroxyl groups is 1. The van der Waals surface area contributed by atoms with Crippen molar-refractivity contribution in [2.45, 2.75) is 0 Å². The Labute approximate surface area is 108 Å². The minimum atomic E-state index is 0.108. The second-order valence-corrected chi connectivity index (χ2v) is 3.70. The van der Waals surface area contributed by atoms with Gasteiger partial charge in [-0.3, -0.25) is 10.2 Å². The smallest absolute Gasteiger partial charge is 0.238 e. The SMILES string of the molecule is COc1ccc(O)c(/C=N/Nc2nc(=S)[nH][nH]2)c1. The highest BCUT2D eigenvalue weighted by Crippen LogP contribution is 2.20. The molecule has 1 aromatic heterocycles. The van der Waals surface area contributed by atoms with Gasteiger partial charge in [0.1, 0.15) is 11.5 Å². The molecular formula is C10H11N5O2S. The summed E-state index contributed by atoms with van der Waals surface area (Å²) in [5.41, 5.74) is 3.16. The number of phenols is 1. The van der Waals surface area contributed by atoms with E-state index in [2.05, 4.69) is 25.7 Å². The molecule has 0 radical (unpaired) electrons. The molecule has 0 amide bonds. The highest BCUT2D eigenvalue weighted by atomic mass is 32.1. The van der Waals surface area contributed by atoms with E-state index in [9.17, 15) is 5.11 Å². The van der Waals surface area contributed by atoms with Crippen LogP contribution in [0.4, 0.5) is 5.95 Å². The van der Waals surface area contributed by atoms with Gasteiger partial charge in [-0.15, -0.1) is 0 Å². The molecule has 4 N–H and O–H groups in total. The Morgan fingerprint density at radius 2 is 2.33 bits per heavy atom. The molecule has 0 bridgehead atoms. The van der Waals surface area contributed by atoms with Crippen molar-refractivity contribution in [3.05, 3.63) is 28.5 Å². The first kappa shape index (κ1) is 12.1. The van der Waals surface area contributed by atoms with Crippen molar-refractivity contribution in [2.24, 2.45) is 5.10 Å². The third kappa shape index (κ3) is 2.86. The first-order valence-electron chi connectivity index (χ1n) is 5.00. The highest BCUT2D eigenvalue weighted by Gasteiger charge is 2.00. The van der Waals surface area contributed by atoms with Crippen molar-refractivity contribution in [1.29, 1.82) is 0 Å². The van der Waals surface area contributed by atoms with Crippen molar-refractivity contribution in [2.75, 3.05) is 12.5 Å². The van der Waals surface area contributed by atoms with Crippen LogP contribution in [-0.4, -0.2) is 33.6 Å². The number of hydrazone groups is 1. The molecule has 0 aliphatic rings. The molecule has 0 fully saturated rings. The molecule has 1 heterocycles. The Morgan fingerprint density at radius 1 is 1.50 bits per heavy atom. The van der Waals surface area contributed by atoms with E-state index in [0.717, 1.165) is 0 Å². The minimum Gasteiger partial charge on any atom is -0.507 e. The van der Waals surface area contributed by atoms with Gasteiger partial charge in [-0.2, -0.15) is 10.1 Å². The zero-order valence-electron chi connectivity index (χ0n) is 9.47. The Bertz CT molecular complexity index is 619. The first-order valence-corrected chi connectivity index (χ1v) is 5.40. The van der Waals surface area contributed by atoms with Crippen LogP contribution in [0.5, 0.6) is 11.5 Å². The number of nitrogens with one attached hydrogen (secondary N) is 3. The van der Waals surface area contributed by atoms with E-state index in [1.165, 1.54) is 12.3 Å². The van der Waals surface area contributed by atoms with Crippen LogP contribution in [0.15, 0.2) is 23.3 Å². The molecule has 0 atom stereocenters. The van der Waals surface area contributed by atoms with E-state index < -0.39 is 0 Å². The van der Waals surface area contributed by atoms with Gasteiger partial charge in [0.15, 0.2) is 0 Å². The number of hydrogen-bond donors (Lipinski definition) is 4. The van der Waals surface area contributed by atoms with Gasteiger partial charge in [0.25, 0.3) is 0 Å². The fourth-order valence-corrected chi connectivity index (χ4v) is 1.39. The number of H-pyrrole nitrogens is 2. The molecule has 0 aliphatic heterocycles. The number of methoxy groups -OCH3 is 1. The summed E-state index contributed by atoms with van der Waals surface area (Å²) in [6.45, 7) is 0. The number of benzene rings is 1. The number of ether oxygens (including phenoxy) is 1. The lowest BCUT2D eigenvalue weighted by Gasteiger charge is -2.02. The van der Waals surface area contributed by atoms with Crippen LogP contribution >= 0.6 is 12.2 Å². The van der Waals surface area contributed by atoms with Crippen LogP contribution in [-0.2, 0) is 0 Å². The Morgan fingerprint density at radius 3 is 3.00 bits per heavy atom. The van der Waals surface area contributed by atoms with Crippen LogP contribution in [0.2, 0.25) is 0 Å². The van der Waals surface area contributed by atoms with Crippen molar-refractivity contribution in [1.82, 2.24) is 15.2 Å². The fraction of sp³-hybridized carbons (Fsp3) is 0.100. The van der Waals surface area contributed by atoms with Gasteiger partial charge < -0.3 is 9.84 Å². The fourth-order valence-electron chi connectivity index (χ4n) is 1.25. The van der Waals surface area contributed by atoms with E-state index in [1.807, 2.05) is 0 Å². The van der Waals surface area contributed by atoms with Gasteiger partial charge in [-0.1, -0.05) is 0 Å². The van der Waals surface area contributed by atoms with Crippen LogP contribution in [0.3, 0.4) is 0 Å². The Kier molecular flexibility index (Phi) is 3.58. The normalized spacial score (nSPS) is 10.7. The van der Waals surface area contributed by atoms with Crippen LogP contribution < -0.4 is 10.2 Å². The maximum absolute atomic E-state index is 9.61. The second kappa shape index (κ2) is 5.32. The quantitative estimate of drug-likeness (QED) is 0.382. The van der Waals surface area contributed by atoms with Crippen LogP contribution in [0.1, 0.15) is 5.56 Å². The first-order chi connectivity index (χ1) is 8.69. The van der Waals surface area contributed by atoms with Gasteiger partial charge in [-0.05, 0) is 30.4 Å². The summed E-state index contributed by atoms with van der Waals surface area (Å²) in [4.78, 5) is 3.89. The van der Waals surface area contributed by atoms with Gasteiger partial charge in [0.05, 0.1) is 13.3 Å². The molecule has 1 aromatic carbocycles. The van der Waals surface area contributed by atoms with Crippen molar-refractivity contribution in [3.8, 4) is 11.5 Å². The molecule has 2 aromatic rings. The highest BCUT2D eigenvalue weighted by molar-refractivity contribution is 7.71. The molecule has 94 valence electrons. The van der Waals surface area contributed by atoms with Crippen molar-refractivity contribution >= 4 is 24.4 Å². The molecule has 18 heavy (non-hydrogen) atoms. The van der Waals surface area contributed by atoms with E-state index in [-0.39, 0.29) is 5.75 Å². The lowest BCUT2D eigenvalue weighted by molar-refractivity contribution is 0.412. The van der Waals surface area contributed by atoms with E-state index in [0.29, 0.717) is 22.0 Å². The summed E-state index contributed by atoms with van der Waals surface area (Å²) in [5, 5.41) is 18.8. The van der Waals surface area contributed by atoms with E-state index >= 15 is 0 Å². The predicted octanol–water partition coefficient (Wildman–Crippen LogP) is 1.63. The summed E-state index contributed by atoms with van der Waals surface area (Å²) >= 11 is 4.78. The number of anilines is 1. The number of rotatable bonds is 4. The maximum Gasteiger partial charge on any atom is 0.238 e. The average molecular weight is 265 g/mol. The Hall–Kier alpha value is -2.35. The zero-order valence-corrected chi connectivity index (χ0v) is 10.3. The molecule has 0 aliphatic carbocycles. The van der Waals surface area contributed by atoms with Crippen molar-refractivity contribution in [3.63, 3.8) is 0 Å². The molecule has 0 saturated heterocycles. The maximum atomic E-state index is 9.61.